The molecule has 7 heteroatoms. The fraction of sp³-hybridized carbons (Fsp3) is 0.750. The Morgan fingerprint density at radius 3 is 2.28 bits per heavy atom. The number of Topliss-reactive ketones (excluding diaryl/α,β-unsaturated/α-hetero) is 2. The quantitative estimate of drug-likeness (QED) is 0.154. The fourth-order valence-electron chi connectivity index (χ4n) is 13.7. The maximum absolute atomic E-state index is 15.2. The van der Waals surface area contributed by atoms with Gasteiger partial charge in [-0.1, -0.05) is 78.2 Å². The number of hydrogen-bond acceptors (Lipinski definition) is 6. The maximum Gasteiger partial charge on any atom is 0.309 e. The number of aliphatic carboxylic acids is 1. The molecule has 0 amide bonds. The van der Waals surface area contributed by atoms with Crippen molar-refractivity contribution in [1.29, 1.82) is 0 Å². The minimum atomic E-state index is -2.07. The molecule has 1 spiro atoms. The molecule has 6 aliphatic carbocycles. The van der Waals surface area contributed by atoms with Gasteiger partial charge in [0.05, 0.1) is 10.8 Å². The lowest BCUT2D eigenvalue weighted by Gasteiger charge is -2.57. The number of aliphatic hydroxyl groups excluding tert-OH is 1. The van der Waals surface area contributed by atoms with Gasteiger partial charge in [0.25, 0.3) is 0 Å². The molecule has 10 unspecified atom stereocenters. The Labute approximate surface area is 280 Å². The summed E-state index contributed by atoms with van der Waals surface area (Å²) in [6.07, 6.45) is 9.51. The van der Waals surface area contributed by atoms with E-state index < -0.39 is 73.7 Å². The molecule has 6 aliphatic rings. The summed E-state index contributed by atoms with van der Waals surface area (Å²) >= 11 is 0. The lowest BCUT2D eigenvalue weighted by atomic mass is 9.46. The highest BCUT2D eigenvalue weighted by molar-refractivity contribution is 6.23. The smallest absolute Gasteiger partial charge is 0.309 e. The van der Waals surface area contributed by atoms with Gasteiger partial charge in [0, 0.05) is 17.3 Å². The number of hydrogen-bond donors (Lipinski definition) is 3. The predicted molar refractivity (Wildman–Crippen MR) is 179 cm³/mol. The zero-order valence-electron chi connectivity index (χ0n) is 29.8. The highest BCUT2D eigenvalue weighted by Crippen LogP contribution is 2.79. The van der Waals surface area contributed by atoms with Gasteiger partial charge in [-0.05, 0) is 99.4 Å². The summed E-state index contributed by atoms with van der Waals surface area (Å²) in [5, 5.41) is 35.0. The minimum absolute atomic E-state index is 0.0115. The molecule has 0 saturated heterocycles. The molecular formula is C40H56O7. The van der Waals surface area contributed by atoms with Crippen LogP contribution in [0.3, 0.4) is 0 Å². The van der Waals surface area contributed by atoms with E-state index in [2.05, 4.69) is 19.6 Å². The number of carbonyl (C=O) groups excluding carboxylic acids is 3. The number of carboxylic acid groups (broad SMARTS) is 1. The largest absolute Gasteiger partial charge is 0.504 e. The Morgan fingerprint density at radius 1 is 1.04 bits per heavy atom. The van der Waals surface area contributed by atoms with Crippen LogP contribution in [0, 0.1) is 62.1 Å². The van der Waals surface area contributed by atoms with Crippen molar-refractivity contribution < 1.29 is 34.5 Å². The first-order chi connectivity index (χ1) is 21.7. The Balaban J connectivity index is 1.47. The van der Waals surface area contributed by atoms with E-state index in [4.69, 9.17) is 0 Å². The number of aldehydes is 1. The van der Waals surface area contributed by atoms with Crippen molar-refractivity contribution in [3.63, 3.8) is 0 Å². The number of fused-ring (bicyclic) bond motifs is 4. The van der Waals surface area contributed by atoms with Crippen molar-refractivity contribution in [3.05, 3.63) is 35.1 Å². The lowest BCUT2D eigenvalue weighted by molar-refractivity contribution is -0.169. The van der Waals surface area contributed by atoms with Crippen LogP contribution in [0.15, 0.2) is 35.1 Å². The number of carboxylic acids is 1. The molecule has 3 N–H and O–H groups in total. The Kier molecular flexibility index (Phi) is 7.48. The van der Waals surface area contributed by atoms with Crippen LogP contribution in [0.1, 0.15) is 120 Å². The van der Waals surface area contributed by atoms with Gasteiger partial charge in [0.15, 0.2) is 17.8 Å². The molecule has 10 atom stereocenters. The van der Waals surface area contributed by atoms with Gasteiger partial charge in [-0.3, -0.25) is 14.4 Å². The van der Waals surface area contributed by atoms with Gasteiger partial charge in [0.2, 0.25) is 5.78 Å². The molecule has 258 valence electrons. The van der Waals surface area contributed by atoms with Gasteiger partial charge in [-0.2, -0.15) is 0 Å². The summed E-state index contributed by atoms with van der Waals surface area (Å²) in [7, 11) is 0. The number of rotatable bonds is 6. The van der Waals surface area contributed by atoms with Crippen molar-refractivity contribution in [3.8, 4) is 0 Å². The molecule has 6 rings (SSSR count). The summed E-state index contributed by atoms with van der Waals surface area (Å²) in [6.45, 7) is 20.2. The average Bonchev–Trinajstić information content (AvgIpc) is 3.31. The first kappa shape index (κ1) is 34.3. The van der Waals surface area contributed by atoms with Crippen LogP contribution in [-0.4, -0.2) is 44.7 Å². The standard InChI is InChI=1S/C40H56O7/c1-22(2)40-26(24(4)12-14-25-23(3)13-15-27-35(25,7)17-11-18-36(27,8)33(45)46)20-38(32(40)44)29(28(42)30(40)43)37(9)19-10-16-34(5,6)31(37)39(38,47)21-41/h12,21-22,25-27,31,42,47H,3,10-11,13-20H2,1-2,4-9H3,(H,45,46). The summed E-state index contributed by atoms with van der Waals surface area (Å²) < 4.78 is 0. The second kappa shape index (κ2) is 10.2. The van der Waals surface area contributed by atoms with Crippen molar-refractivity contribution in [2.75, 3.05) is 0 Å². The Bertz CT molecular complexity index is 1530. The molecule has 0 aliphatic heterocycles. The molecule has 0 heterocycles. The van der Waals surface area contributed by atoms with E-state index in [0.717, 1.165) is 49.7 Å². The Morgan fingerprint density at radius 2 is 1.68 bits per heavy atom. The first-order valence-electron chi connectivity index (χ1n) is 18.0. The number of carbonyl (C=O) groups is 4. The highest BCUT2D eigenvalue weighted by Gasteiger charge is 2.85. The minimum Gasteiger partial charge on any atom is -0.504 e. The maximum atomic E-state index is 15.2. The number of ketones is 2. The van der Waals surface area contributed by atoms with Gasteiger partial charge < -0.3 is 20.1 Å². The number of allylic oxidation sites excluding steroid dienone is 4. The van der Waals surface area contributed by atoms with Crippen molar-refractivity contribution in [2.24, 2.45) is 62.1 Å². The molecule has 5 saturated carbocycles. The zero-order chi connectivity index (χ0) is 34.9. The zero-order valence-corrected chi connectivity index (χ0v) is 29.8. The molecule has 5 fully saturated rings. The van der Waals surface area contributed by atoms with E-state index in [1.54, 1.807) is 0 Å². The molecule has 2 bridgehead atoms. The predicted octanol–water partition coefficient (Wildman–Crippen LogP) is 7.58. The van der Waals surface area contributed by atoms with E-state index in [1.807, 2.05) is 48.5 Å². The van der Waals surface area contributed by atoms with E-state index >= 15 is 4.79 Å². The monoisotopic (exact) mass is 648 g/mol. The van der Waals surface area contributed by atoms with Crippen molar-refractivity contribution in [2.45, 2.75) is 125 Å². The van der Waals surface area contributed by atoms with Crippen LogP contribution in [0.25, 0.3) is 0 Å². The Hall–Kier alpha value is -2.54. The molecule has 0 aromatic carbocycles. The molecular weight excluding hydrogens is 592 g/mol. The number of aliphatic hydroxyl groups is 2. The first-order valence-corrected chi connectivity index (χ1v) is 18.0. The van der Waals surface area contributed by atoms with Crippen LogP contribution < -0.4 is 0 Å². The SMILES string of the molecule is C=C1CCC2C(C)(C(=O)O)CCCC2(C)C1CC=C(C)C1CC23C(=O)C1(C(C)C)C(=O)C(O)=C2C1(C)CCCC(C)(C)C1C3(O)C=O. The summed E-state index contributed by atoms with van der Waals surface area (Å²) in [5.74, 6) is -3.81. The van der Waals surface area contributed by atoms with Crippen molar-refractivity contribution in [1.82, 2.24) is 0 Å². The fourth-order valence-corrected chi connectivity index (χ4v) is 13.7. The third kappa shape index (κ3) is 3.79. The topological polar surface area (TPSA) is 129 Å². The third-order valence-electron chi connectivity index (χ3n) is 15.5. The summed E-state index contributed by atoms with van der Waals surface area (Å²) in [5.41, 5.74) is -5.55. The normalized spacial score (nSPS) is 47.5. The molecule has 7 nitrogen and oxygen atoms in total. The van der Waals surface area contributed by atoms with E-state index in [1.165, 1.54) is 0 Å². The third-order valence-corrected chi connectivity index (χ3v) is 15.5. The second-order valence-corrected chi connectivity index (χ2v) is 18.3. The van der Waals surface area contributed by atoms with Gasteiger partial charge in [-0.15, -0.1) is 0 Å². The average molecular weight is 649 g/mol. The van der Waals surface area contributed by atoms with Gasteiger partial charge in [0.1, 0.15) is 11.0 Å². The van der Waals surface area contributed by atoms with Crippen LogP contribution in [0.2, 0.25) is 0 Å². The second-order valence-electron chi connectivity index (χ2n) is 18.3. The van der Waals surface area contributed by atoms with Crippen LogP contribution in [0.4, 0.5) is 0 Å². The lowest BCUT2D eigenvalue weighted by Crippen LogP contribution is -2.61. The van der Waals surface area contributed by atoms with Gasteiger partial charge in [-0.25, -0.2) is 0 Å². The van der Waals surface area contributed by atoms with Crippen LogP contribution in [-0.2, 0) is 19.2 Å². The molecule has 47 heavy (non-hydrogen) atoms. The van der Waals surface area contributed by atoms with Crippen LogP contribution >= 0.6 is 0 Å². The van der Waals surface area contributed by atoms with Crippen molar-refractivity contribution >= 4 is 23.8 Å². The molecule has 0 aromatic rings. The van der Waals surface area contributed by atoms with E-state index in [0.29, 0.717) is 31.1 Å². The molecule has 0 aromatic heterocycles. The summed E-state index contributed by atoms with van der Waals surface area (Å²) in [6, 6.07) is 0. The van der Waals surface area contributed by atoms with Crippen LogP contribution in [0.5, 0.6) is 0 Å². The van der Waals surface area contributed by atoms with Gasteiger partial charge >= 0.3 is 5.97 Å². The highest BCUT2D eigenvalue weighted by atomic mass is 16.4. The summed E-state index contributed by atoms with van der Waals surface area (Å²) in [4.78, 5) is 55.7. The van der Waals surface area contributed by atoms with E-state index in [9.17, 15) is 29.7 Å². The van der Waals surface area contributed by atoms with E-state index in [-0.39, 0.29) is 23.7 Å². The molecule has 0 radical (unpaired) electrons.